The maximum atomic E-state index is 12.7. The molecule has 0 aliphatic carbocycles. The molecule has 2 heterocycles. The Kier molecular flexibility index (Phi) is 5.55. The van der Waals surface area contributed by atoms with E-state index in [-0.39, 0.29) is 5.91 Å². The number of hydrogen-bond donors (Lipinski definition) is 1. The predicted octanol–water partition coefficient (Wildman–Crippen LogP) is 3.11. The number of amides is 1. The first-order valence-corrected chi connectivity index (χ1v) is 8.71. The van der Waals surface area contributed by atoms with Crippen LogP contribution in [0.4, 0.5) is 11.5 Å². The van der Waals surface area contributed by atoms with E-state index >= 15 is 0 Å². The number of nitrogens with one attached hydrogen (secondary N) is 1. The van der Waals surface area contributed by atoms with Gasteiger partial charge in [0.25, 0.3) is 5.91 Å². The topological polar surface area (TPSA) is 76.6 Å². The molecule has 1 atom stereocenters. The van der Waals surface area contributed by atoms with Gasteiger partial charge in [-0.1, -0.05) is 6.92 Å². The highest BCUT2D eigenvalue weighted by atomic mass is 16.5. The molecule has 0 radical (unpaired) electrons. The first-order valence-electron chi connectivity index (χ1n) is 8.71. The maximum Gasteiger partial charge on any atom is 0.272 e. The summed E-state index contributed by atoms with van der Waals surface area (Å²) in [6.45, 7) is 3.72. The van der Waals surface area contributed by atoms with Crippen molar-refractivity contribution in [3.63, 3.8) is 0 Å². The van der Waals surface area contributed by atoms with E-state index in [1.807, 2.05) is 17.0 Å². The largest absolute Gasteiger partial charge is 0.497 e. The highest BCUT2D eigenvalue weighted by Crippen LogP contribution is 2.31. The molecular formula is C19H24N4O3. The zero-order chi connectivity index (χ0) is 18.5. The van der Waals surface area contributed by atoms with Gasteiger partial charge in [0.2, 0.25) is 0 Å². The molecule has 1 saturated heterocycles. The van der Waals surface area contributed by atoms with Gasteiger partial charge in [-0.25, -0.2) is 9.97 Å². The van der Waals surface area contributed by atoms with Crippen molar-refractivity contribution in [1.29, 1.82) is 0 Å². The van der Waals surface area contributed by atoms with E-state index in [2.05, 4.69) is 22.2 Å². The summed E-state index contributed by atoms with van der Waals surface area (Å²) in [5.41, 5.74) is 1.13. The first-order chi connectivity index (χ1) is 12.6. The molecule has 1 aliphatic rings. The minimum Gasteiger partial charge on any atom is -0.497 e. The number of ether oxygens (including phenoxy) is 2. The van der Waals surface area contributed by atoms with Gasteiger partial charge < -0.3 is 19.7 Å². The Morgan fingerprint density at radius 2 is 2.08 bits per heavy atom. The van der Waals surface area contributed by atoms with Gasteiger partial charge in [-0.05, 0) is 30.9 Å². The lowest BCUT2D eigenvalue weighted by Gasteiger charge is -2.30. The van der Waals surface area contributed by atoms with Gasteiger partial charge in [-0.2, -0.15) is 0 Å². The molecule has 0 bridgehead atoms. The van der Waals surface area contributed by atoms with Gasteiger partial charge in [-0.15, -0.1) is 0 Å². The average Bonchev–Trinajstić information content (AvgIpc) is 2.68. The lowest BCUT2D eigenvalue weighted by Crippen LogP contribution is -2.39. The molecule has 1 N–H and O–H groups in total. The van der Waals surface area contributed by atoms with Crippen molar-refractivity contribution in [3.8, 4) is 11.5 Å². The van der Waals surface area contributed by atoms with Crippen LogP contribution < -0.4 is 14.8 Å². The van der Waals surface area contributed by atoms with Gasteiger partial charge in [0.1, 0.15) is 29.3 Å². The van der Waals surface area contributed by atoms with Gasteiger partial charge in [0.05, 0.1) is 19.9 Å². The molecule has 1 unspecified atom stereocenters. The van der Waals surface area contributed by atoms with Crippen LogP contribution in [0.2, 0.25) is 0 Å². The Labute approximate surface area is 153 Å². The quantitative estimate of drug-likeness (QED) is 0.887. The fourth-order valence-corrected chi connectivity index (χ4v) is 3.12. The van der Waals surface area contributed by atoms with Crippen molar-refractivity contribution in [2.45, 2.75) is 19.8 Å². The standard InChI is InChI=1S/C19H24N4O3/c1-13-5-4-8-23(11-13)19(24)16-10-18(21-12-20-16)22-15-7-6-14(25-2)9-17(15)26-3/h6-7,9-10,12-13H,4-5,8,11H2,1-3H3,(H,20,21,22). The second-order valence-corrected chi connectivity index (χ2v) is 6.48. The molecule has 0 spiro atoms. The van der Waals surface area contributed by atoms with E-state index in [1.165, 1.54) is 6.33 Å². The Morgan fingerprint density at radius 1 is 1.23 bits per heavy atom. The van der Waals surface area contributed by atoms with Gasteiger partial charge in [0, 0.05) is 25.2 Å². The van der Waals surface area contributed by atoms with Gasteiger partial charge in [-0.3, -0.25) is 4.79 Å². The molecule has 1 amide bonds. The number of likely N-dealkylation sites (tertiary alicyclic amines) is 1. The van der Waals surface area contributed by atoms with Crippen molar-refractivity contribution in [2.24, 2.45) is 5.92 Å². The summed E-state index contributed by atoms with van der Waals surface area (Å²) in [7, 11) is 3.19. The number of nitrogens with zero attached hydrogens (tertiary/aromatic N) is 3. The molecule has 7 heteroatoms. The molecule has 1 aromatic carbocycles. The molecular weight excluding hydrogens is 332 g/mol. The normalized spacial score (nSPS) is 16.9. The third kappa shape index (κ3) is 4.04. The Hall–Kier alpha value is -2.83. The molecule has 26 heavy (non-hydrogen) atoms. The molecule has 1 aromatic heterocycles. The third-order valence-electron chi connectivity index (χ3n) is 4.50. The summed E-state index contributed by atoms with van der Waals surface area (Å²) in [4.78, 5) is 23.0. The minimum absolute atomic E-state index is 0.0521. The van der Waals surface area contributed by atoms with Gasteiger partial charge >= 0.3 is 0 Å². The number of methoxy groups -OCH3 is 2. The summed E-state index contributed by atoms with van der Waals surface area (Å²) in [5.74, 6) is 2.34. The summed E-state index contributed by atoms with van der Waals surface area (Å²) in [5, 5.41) is 3.18. The number of anilines is 2. The minimum atomic E-state index is -0.0521. The molecule has 7 nitrogen and oxygen atoms in total. The van der Waals surface area contributed by atoms with Crippen molar-refractivity contribution < 1.29 is 14.3 Å². The van der Waals surface area contributed by atoms with E-state index in [1.54, 1.807) is 26.4 Å². The number of benzene rings is 1. The number of hydrogen-bond acceptors (Lipinski definition) is 6. The zero-order valence-corrected chi connectivity index (χ0v) is 15.4. The van der Waals surface area contributed by atoms with Crippen LogP contribution in [0.5, 0.6) is 11.5 Å². The molecule has 138 valence electrons. The molecule has 0 saturated carbocycles. The van der Waals surface area contributed by atoms with Crippen LogP contribution in [-0.4, -0.2) is 48.1 Å². The number of piperidine rings is 1. The Bertz CT molecular complexity index is 781. The third-order valence-corrected chi connectivity index (χ3v) is 4.50. The van der Waals surface area contributed by atoms with E-state index in [4.69, 9.17) is 9.47 Å². The SMILES string of the molecule is COc1ccc(Nc2cc(C(=O)N3CCCC(C)C3)ncn2)c(OC)c1. The smallest absolute Gasteiger partial charge is 0.272 e. The Balaban J connectivity index is 1.78. The number of carbonyl (C=O) groups is 1. The molecule has 1 fully saturated rings. The second-order valence-electron chi connectivity index (χ2n) is 6.48. The first kappa shape index (κ1) is 18.0. The van der Waals surface area contributed by atoms with Crippen LogP contribution in [0, 0.1) is 5.92 Å². The summed E-state index contributed by atoms with van der Waals surface area (Å²) in [6.07, 6.45) is 3.60. The van der Waals surface area contributed by atoms with Crippen LogP contribution in [0.25, 0.3) is 0 Å². The number of aromatic nitrogens is 2. The van der Waals surface area contributed by atoms with E-state index < -0.39 is 0 Å². The zero-order valence-electron chi connectivity index (χ0n) is 15.4. The predicted molar refractivity (Wildman–Crippen MR) is 99.2 cm³/mol. The van der Waals surface area contributed by atoms with Crippen molar-refractivity contribution in [3.05, 3.63) is 36.3 Å². The highest BCUT2D eigenvalue weighted by molar-refractivity contribution is 5.93. The highest BCUT2D eigenvalue weighted by Gasteiger charge is 2.23. The van der Waals surface area contributed by atoms with Crippen LogP contribution in [0.3, 0.4) is 0 Å². The van der Waals surface area contributed by atoms with Crippen LogP contribution >= 0.6 is 0 Å². The number of rotatable bonds is 5. The monoisotopic (exact) mass is 356 g/mol. The summed E-state index contributed by atoms with van der Waals surface area (Å²) in [6, 6.07) is 7.12. The van der Waals surface area contributed by atoms with Crippen LogP contribution in [0.15, 0.2) is 30.6 Å². The summed E-state index contributed by atoms with van der Waals surface area (Å²) >= 11 is 0. The second kappa shape index (κ2) is 8.03. The molecule has 3 rings (SSSR count). The lowest BCUT2D eigenvalue weighted by molar-refractivity contribution is 0.0677. The van der Waals surface area contributed by atoms with Gasteiger partial charge in [0.15, 0.2) is 0 Å². The number of carbonyl (C=O) groups excluding carboxylic acids is 1. The van der Waals surface area contributed by atoms with Crippen molar-refractivity contribution in [1.82, 2.24) is 14.9 Å². The van der Waals surface area contributed by atoms with Crippen molar-refractivity contribution >= 4 is 17.4 Å². The summed E-state index contributed by atoms with van der Waals surface area (Å²) < 4.78 is 10.6. The molecule has 1 aliphatic heterocycles. The fourth-order valence-electron chi connectivity index (χ4n) is 3.12. The van der Waals surface area contributed by atoms with Crippen LogP contribution in [-0.2, 0) is 0 Å². The Morgan fingerprint density at radius 3 is 2.81 bits per heavy atom. The fraction of sp³-hybridized carbons (Fsp3) is 0.421. The average molecular weight is 356 g/mol. The molecule has 2 aromatic rings. The maximum absolute atomic E-state index is 12.7. The lowest BCUT2D eigenvalue weighted by atomic mass is 10.00. The van der Waals surface area contributed by atoms with E-state index in [9.17, 15) is 4.79 Å². The van der Waals surface area contributed by atoms with Crippen molar-refractivity contribution in [2.75, 3.05) is 32.6 Å². The van der Waals surface area contributed by atoms with E-state index in [0.29, 0.717) is 28.9 Å². The van der Waals surface area contributed by atoms with Crippen LogP contribution in [0.1, 0.15) is 30.3 Å². The van der Waals surface area contributed by atoms with E-state index in [0.717, 1.165) is 31.6 Å².